The van der Waals surface area contributed by atoms with Crippen molar-refractivity contribution in [2.75, 3.05) is 13.2 Å². The van der Waals surface area contributed by atoms with E-state index in [2.05, 4.69) is 57.2 Å². The summed E-state index contributed by atoms with van der Waals surface area (Å²) in [6, 6.07) is 0. The third kappa shape index (κ3) is 58.5. The summed E-state index contributed by atoms with van der Waals surface area (Å²) in [4.78, 5) is 38.2. The average molecular weight is 1010 g/mol. The van der Waals surface area contributed by atoms with Crippen LogP contribution in [0, 0.1) is 0 Å². The number of ether oxygens (including phenoxy) is 3. The summed E-state index contributed by atoms with van der Waals surface area (Å²) in [6.07, 6.45) is 74.5. The van der Waals surface area contributed by atoms with E-state index >= 15 is 0 Å². The quantitative estimate of drug-likeness (QED) is 0.0261. The molecule has 0 spiro atoms. The van der Waals surface area contributed by atoms with Gasteiger partial charge in [-0.2, -0.15) is 0 Å². The van der Waals surface area contributed by atoms with Gasteiger partial charge in [0.25, 0.3) is 0 Å². The second kappa shape index (κ2) is 61.2. The van der Waals surface area contributed by atoms with Gasteiger partial charge in [0.15, 0.2) is 6.10 Å². The van der Waals surface area contributed by atoms with Crippen LogP contribution >= 0.6 is 0 Å². The lowest BCUT2D eigenvalue weighted by atomic mass is 10.0. The first-order valence-electron chi connectivity index (χ1n) is 32.0. The van der Waals surface area contributed by atoms with E-state index in [1.165, 1.54) is 238 Å². The van der Waals surface area contributed by atoms with E-state index in [0.717, 1.165) is 70.6 Å². The topological polar surface area (TPSA) is 78.9 Å². The van der Waals surface area contributed by atoms with Gasteiger partial charge in [-0.1, -0.05) is 308 Å². The maximum absolute atomic E-state index is 12.9. The molecule has 0 aromatic heterocycles. The number of hydrogen-bond acceptors (Lipinski definition) is 6. The molecule has 0 aromatic carbocycles. The fourth-order valence-electron chi connectivity index (χ4n) is 9.57. The van der Waals surface area contributed by atoms with Gasteiger partial charge < -0.3 is 14.2 Å². The molecule has 0 amide bonds. The number of rotatable bonds is 59. The monoisotopic (exact) mass is 1010 g/mol. The number of unbranched alkanes of at least 4 members (excludes halogenated alkanes) is 42. The fraction of sp³-hybridized carbons (Fsp3) is 0.864. The van der Waals surface area contributed by atoms with E-state index in [9.17, 15) is 14.4 Å². The Hall–Kier alpha value is -2.37. The first kappa shape index (κ1) is 69.6. The molecule has 6 heteroatoms. The second-order valence-electron chi connectivity index (χ2n) is 21.7. The number of hydrogen-bond donors (Lipinski definition) is 0. The Balaban J connectivity index is 4.18. The van der Waals surface area contributed by atoms with Crippen molar-refractivity contribution in [2.24, 2.45) is 0 Å². The number of esters is 3. The minimum absolute atomic E-state index is 0.0682. The zero-order valence-electron chi connectivity index (χ0n) is 48.5. The van der Waals surface area contributed by atoms with Crippen molar-refractivity contribution < 1.29 is 28.6 Å². The summed E-state index contributed by atoms with van der Waals surface area (Å²) in [6.45, 7) is 6.66. The highest BCUT2D eigenvalue weighted by Crippen LogP contribution is 2.17. The zero-order valence-corrected chi connectivity index (χ0v) is 48.5. The molecule has 1 unspecified atom stereocenters. The van der Waals surface area contributed by atoms with Crippen LogP contribution in [-0.4, -0.2) is 37.2 Å². The molecule has 0 bridgehead atoms. The average Bonchev–Trinajstić information content (AvgIpc) is 3.38. The van der Waals surface area contributed by atoms with Crippen molar-refractivity contribution in [3.05, 3.63) is 36.5 Å². The van der Waals surface area contributed by atoms with Gasteiger partial charge in [0.1, 0.15) is 13.2 Å². The summed E-state index contributed by atoms with van der Waals surface area (Å²) in [7, 11) is 0. The standard InChI is InChI=1S/C66H122O6/c1-4-7-10-13-16-19-21-23-25-27-29-31-32-33-34-35-37-38-40-42-44-47-50-53-56-59-65(68)71-62-63(61-70-64(67)58-55-52-49-46-18-15-12-9-6-3)72-66(69)60-57-54-51-48-45-43-41-39-36-30-28-26-24-22-20-17-14-11-8-5-2/h21,23,27,29,32-33,63H,4-20,22,24-26,28,30-31,34-62H2,1-3H3/b23-21-,29-27-,33-32-. The van der Waals surface area contributed by atoms with E-state index in [4.69, 9.17) is 14.2 Å². The van der Waals surface area contributed by atoms with Crippen LogP contribution in [0.4, 0.5) is 0 Å². The van der Waals surface area contributed by atoms with Crippen LogP contribution in [0.2, 0.25) is 0 Å². The summed E-state index contributed by atoms with van der Waals surface area (Å²) in [5, 5.41) is 0. The molecule has 0 aliphatic rings. The molecule has 0 aliphatic carbocycles. The van der Waals surface area contributed by atoms with Crippen LogP contribution in [0.25, 0.3) is 0 Å². The maximum atomic E-state index is 12.9. The number of carbonyl (C=O) groups is 3. The van der Waals surface area contributed by atoms with Crippen LogP contribution in [0.1, 0.15) is 348 Å². The molecule has 0 rings (SSSR count). The normalized spacial score (nSPS) is 12.2. The zero-order chi connectivity index (χ0) is 52.2. The molecule has 0 heterocycles. The van der Waals surface area contributed by atoms with Crippen molar-refractivity contribution in [1.82, 2.24) is 0 Å². The Morgan fingerprint density at radius 1 is 0.278 bits per heavy atom. The van der Waals surface area contributed by atoms with Crippen molar-refractivity contribution in [1.29, 1.82) is 0 Å². The molecule has 0 saturated carbocycles. The van der Waals surface area contributed by atoms with Gasteiger partial charge in [0, 0.05) is 19.3 Å². The molecule has 0 saturated heterocycles. The predicted octanol–water partition coefficient (Wildman–Crippen LogP) is 21.6. The minimum Gasteiger partial charge on any atom is -0.462 e. The Kier molecular flexibility index (Phi) is 59.2. The second-order valence-corrected chi connectivity index (χ2v) is 21.7. The largest absolute Gasteiger partial charge is 0.462 e. The minimum atomic E-state index is -0.769. The lowest BCUT2D eigenvalue weighted by molar-refractivity contribution is -0.167. The maximum Gasteiger partial charge on any atom is 0.306 e. The summed E-state index contributed by atoms with van der Waals surface area (Å²) < 4.78 is 16.9. The van der Waals surface area contributed by atoms with E-state index < -0.39 is 6.10 Å². The molecular weight excluding hydrogens is 889 g/mol. The van der Waals surface area contributed by atoms with E-state index in [-0.39, 0.29) is 31.1 Å². The predicted molar refractivity (Wildman–Crippen MR) is 312 cm³/mol. The van der Waals surface area contributed by atoms with E-state index in [1.807, 2.05) is 0 Å². The van der Waals surface area contributed by atoms with Crippen LogP contribution in [0.3, 0.4) is 0 Å². The van der Waals surface area contributed by atoms with Gasteiger partial charge in [-0.05, 0) is 57.8 Å². The molecule has 0 aromatic rings. The van der Waals surface area contributed by atoms with Gasteiger partial charge in [-0.15, -0.1) is 0 Å². The molecule has 0 radical (unpaired) electrons. The van der Waals surface area contributed by atoms with Crippen molar-refractivity contribution in [3.8, 4) is 0 Å². The Bertz CT molecular complexity index is 1210. The van der Waals surface area contributed by atoms with Gasteiger partial charge >= 0.3 is 17.9 Å². The van der Waals surface area contributed by atoms with Crippen LogP contribution in [0.5, 0.6) is 0 Å². The van der Waals surface area contributed by atoms with E-state index in [1.54, 1.807) is 0 Å². The number of carbonyl (C=O) groups excluding carboxylic acids is 3. The highest BCUT2D eigenvalue weighted by atomic mass is 16.6. The lowest BCUT2D eigenvalue weighted by Gasteiger charge is -2.18. The summed E-state index contributed by atoms with van der Waals surface area (Å²) in [5.41, 5.74) is 0. The number of allylic oxidation sites excluding steroid dienone is 6. The molecule has 0 fully saturated rings. The smallest absolute Gasteiger partial charge is 0.306 e. The van der Waals surface area contributed by atoms with Gasteiger partial charge in [0.05, 0.1) is 0 Å². The van der Waals surface area contributed by atoms with Crippen molar-refractivity contribution >= 4 is 17.9 Å². The van der Waals surface area contributed by atoms with Gasteiger partial charge in [-0.3, -0.25) is 14.4 Å². The lowest BCUT2D eigenvalue weighted by Crippen LogP contribution is -2.30. The third-order valence-electron chi connectivity index (χ3n) is 14.4. The molecule has 6 nitrogen and oxygen atoms in total. The van der Waals surface area contributed by atoms with E-state index in [0.29, 0.717) is 19.3 Å². The van der Waals surface area contributed by atoms with Gasteiger partial charge in [-0.25, -0.2) is 0 Å². The Morgan fingerprint density at radius 3 is 0.778 bits per heavy atom. The fourth-order valence-corrected chi connectivity index (χ4v) is 9.57. The van der Waals surface area contributed by atoms with Crippen LogP contribution < -0.4 is 0 Å². The highest BCUT2D eigenvalue weighted by Gasteiger charge is 2.19. The SMILES string of the molecule is CCCCCCC/C=C\C/C=C\C/C=C\CCCCCCCCCCCCC(=O)OCC(COC(=O)CCCCCCCCCCC)OC(=O)CCCCCCCCCCCCCCCCCCCCCC. The van der Waals surface area contributed by atoms with Crippen LogP contribution in [-0.2, 0) is 28.6 Å². The molecule has 1 atom stereocenters. The molecular formula is C66H122O6. The summed E-state index contributed by atoms with van der Waals surface area (Å²) >= 11 is 0. The van der Waals surface area contributed by atoms with Crippen molar-refractivity contribution in [2.45, 2.75) is 354 Å². The molecule has 0 aliphatic heterocycles. The molecule has 422 valence electrons. The van der Waals surface area contributed by atoms with Crippen molar-refractivity contribution in [3.63, 3.8) is 0 Å². The van der Waals surface area contributed by atoms with Crippen LogP contribution in [0.15, 0.2) is 36.5 Å². The first-order valence-corrected chi connectivity index (χ1v) is 32.0. The molecule has 72 heavy (non-hydrogen) atoms. The third-order valence-corrected chi connectivity index (χ3v) is 14.4. The summed E-state index contributed by atoms with van der Waals surface area (Å²) in [5.74, 6) is -0.852. The molecule has 0 N–H and O–H groups in total. The Labute approximate surface area is 448 Å². The first-order chi connectivity index (χ1) is 35.5. The highest BCUT2D eigenvalue weighted by molar-refractivity contribution is 5.71. The van der Waals surface area contributed by atoms with Gasteiger partial charge in [0.2, 0.25) is 0 Å². The Morgan fingerprint density at radius 2 is 0.500 bits per heavy atom.